The van der Waals surface area contributed by atoms with Gasteiger partial charge in [-0.1, -0.05) is 6.07 Å². The van der Waals surface area contributed by atoms with E-state index in [-0.39, 0.29) is 6.04 Å². The van der Waals surface area contributed by atoms with Gasteiger partial charge in [-0.15, -0.1) is 0 Å². The quantitative estimate of drug-likeness (QED) is 0.791. The molecule has 0 aliphatic rings. The van der Waals surface area contributed by atoms with Gasteiger partial charge in [0.05, 0.1) is 11.7 Å². The SMILES string of the molecule is Cc1nn(C)cc1C(C)Nc1cccc(-n2cccc2)c1. The van der Waals surface area contributed by atoms with Crippen molar-refractivity contribution in [3.05, 3.63) is 66.2 Å². The van der Waals surface area contributed by atoms with E-state index in [0.717, 1.165) is 17.1 Å². The Morgan fingerprint density at radius 3 is 2.57 bits per heavy atom. The monoisotopic (exact) mass is 280 g/mol. The number of aromatic nitrogens is 3. The van der Waals surface area contributed by atoms with E-state index in [0.29, 0.717) is 0 Å². The van der Waals surface area contributed by atoms with Crippen LogP contribution in [0.1, 0.15) is 24.2 Å². The summed E-state index contributed by atoms with van der Waals surface area (Å²) in [6.07, 6.45) is 6.17. The van der Waals surface area contributed by atoms with Gasteiger partial charge >= 0.3 is 0 Å². The zero-order valence-electron chi connectivity index (χ0n) is 12.6. The number of aryl methyl sites for hydroxylation is 2. The number of hydrogen-bond donors (Lipinski definition) is 1. The van der Waals surface area contributed by atoms with E-state index < -0.39 is 0 Å². The largest absolute Gasteiger partial charge is 0.378 e. The molecule has 4 heteroatoms. The molecule has 21 heavy (non-hydrogen) atoms. The number of nitrogens with one attached hydrogen (secondary N) is 1. The summed E-state index contributed by atoms with van der Waals surface area (Å²) >= 11 is 0. The van der Waals surface area contributed by atoms with Crippen molar-refractivity contribution in [1.82, 2.24) is 14.3 Å². The number of hydrogen-bond acceptors (Lipinski definition) is 2. The van der Waals surface area contributed by atoms with Crippen molar-refractivity contribution in [2.75, 3.05) is 5.32 Å². The van der Waals surface area contributed by atoms with E-state index in [1.165, 1.54) is 5.56 Å². The van der Waals surface area contributed by atoms with Gasteiger partial charge in [0.2, 0.25) is 0 Å². The molecule has 0 saturated carbocycles. The molecule has 4 nitrogen and oxygen atoms in total. The van der Waals surface area contributed by atoms with E-state index in [1.807, 2.05) is 43.2 Å². The van der Waals surface area contributed by atoms with Gasteiger partial charge in [0.15, 0.2) is 0 Å². The smallest absolute Gasteiger partial charge is 0.0646 e. The van der Waals surface area contributed by atoms with Gasteiger partial charge < -0.3 is 9.88 Å². The molecule has 0 aliphatic heterocycles. The van der Waals surface area contributed by atoms with Crippen LogP contribution < -0.4 is 5.32 Å². The Morgan fingerprint density at radius 1 is 1.14 bits per heavy atom. The maximum atomic E-state index is 4.40. The lowest BCUT2D eigenvalue weighted by atomic mass is 10.1. The number of rotatable bonds is 4. The predicted octanol–water partition coefficient (Wildman–Crippen LogP) is 3.69. The van der Waals surface area contributed by atoms with Gasteiger partial charge in [-0.05, 0) is 44.2 Å². The molecular weight excluding hydrogens is 260 g/mol. The standard InChI is InChI=1S/C17H20N4/c1-13(17-12-20(3)19-14(17)2)18-15-7-6-8-16(11-15)21-9-4-5-10-21/h4-13,18H,1-3H3. The zero-order chi connectivity index (χ0) is 14.8. The maximum Gasteiger partial charge on any atom is 0.0646 e. The Morgan fingerprint density at radius 2 is 1.90 bits per heavy atom. The molecule has 3 aromatic rings. The second-order valence-corrected chi connectivity index (χ2v) is 5.35. The molecule has 1 aromatic carbocycles. The molecule has 108 valence electrons. The third-order valence-corrected chi connectivity index (χ3v) is 3.65. The molecule has 2 heterocycles. The summed E-state index contributed by atoms with van der Waals surface area (Å²) in [5.41, 5.74) is 4.56. The summed E-state index contributed by atoms with van der Waals surface area (Å²) in [6, 6.07) is 12.7. The van der Waals surface area contributed by atoms with E-state index in [9.17, 15) is 0 Å². The molecule has 3 rings (SSSR count). The molecule has 0 spiro atoms. The molecule has 2 aromatic heterocycles. The Labute approximate surface area is 125 Å². The van der Waals surface area contributed by atoms with Gasteiger partial charge in [0.25, 0.3) is 0 Å². The number of benzene rings is 1. The second kappa shape index (κ2) is 5.48. The van der Waals surface area contributed by atoms with Crippen LogP contribution in [0.25, 0.3) is 5.69 Å². The Hall–Kier alpha value is -2.49. The van der Waals surface area contributed by atoms with Crippen LogP contribution in [-0.4, -0.2) is 14.3 Å². The molecule has 0 bridgehead atoms. The highest BCUT2D eigenvalue weighted by Gasteiger charge is 2.11. The summed E-state index contributed by atoms with van der Waals surface area (Å²) < 4.78 is 3.96. The van der Waals surface area contributed by atoms with Crippen molar-refractivity contribution in [2.45, 2.75) is 19.9 Å². The molecule has 0 fully saturated rings. The van der Waals surface area contributed by atoms with Gasteiger partial charge in [-0.25, -0.2) is 0 Å². The van der Waals surface area contributed by atoms with Gasteiger partial charge in [0.1, 0.15) is 0 Å². The minimum Gasteiger partial charge on any atom is -0.378 e. The molecule has 0 amide bonds. The van der Waals surface area contributed by atoms with Crippen molar-refractivity contribution < 1.29 is 0 Å². The highest BCUT2D eigenvalue weighted by Crippen LogP contribution is 2.23. The van der Waals surface area contributed by atoms with Crippen LogP contribution in [0.3, 0.4) is 0 Å². The third kappa shape index (κ3) is 2.84. The minimum atomic E-state index is 0.221. The number of nitrogens with zero attached hydrogens (tertiary/aromatic N) is 3. The second-order valence-electron chi connectivity index (χ2n) is 5.35. The first kappa shape index (κ1) is 13.5. The van der Waals surface area contributed by atoms with E-state index in [4.69, 9.17) is 0 Å². The lowest BCUT2D eigenvalue weighted by Crippen LogP contribution is -2.07. The van der Waals surface area contributed by atoms with Crippen molar-refractivity contribution in [3.63, 3.8) is 0 Å². The van der Waals surface area contributed by atoms with Crippen LogP contribution in [-0.2, 0) is 7.05 Å². The Kier molecular flexibility index (Phi) is 3.52. The summed E-state index contributed by atoms with van der Waals surface area (Å²) in [5.74, 6) is 0. The Bertz CT molecular complexity index is 725. The topological polar surface area (TPSA) is 34.8 Å². The lowest BCUT2D eigenvalue weighted by molar-refractivity contribution is 0.756. The van der Waals surface area contributed by atoms with Crippen LogP contribution in [0.2, 0.25) is 0 Å². The van der Waals surface area contributed by atoms with Crippen LogP contribution in [0, 0.1) is 6.92 Å². The molecule has 1 N–H and O–H groups in total. The van der Waals surface area contributed by atoms with Crippen molar-refractivity contribution in [1.29, 1.82) is 0 Å². The highest BCUT2D eigenvalue weighted by molar-refractivity contribution is 5.52. The molecule has 0 saturated heterocycles. The van der Waals surface area contributed by atoms with Crippen molar-refractivity contribution >= 4 is 5.69 Å². The first-order valence-corrected chi connectivity index (χ1v) is 7.13. The van der Waals surface area contributed by atoms with Crippen molar-refractivity contribution in [2.24, 2.45) is 7.05 Å². The van der Waals surface area contributed by atoms with Crippen LogP contribution in [0.15, 0.2) is 55.0 Å². The summed E-state index contributed by atoms with van der Waals surface area (Å²) in [4.78, 5) is 0. The molecule has 0 aliphatic carbocycles. The third-order valence-electron chi connectivity index (χ3n) is 3.65. The van der Waals surface area contributed by atoms with Crippen LogP contribution in [0.5, 0.6) is 0 Å². The Balaban J connectivity index is 1.82. The van der Waals surface area contributed by atoms with Gasteiger partial charge in [-0.3, -0.25) is 4.68 Å². The molecule has 1 unspecified atom stereocenters. The fourth-order valence-corrected chi connectivity index (χ4v) is 2.63. The van der Waals surface area contributed by atoms with Crippen LogP contribution >= 0.6 is 0 Å². The normalized spacial score (nSPS) is 12.3. The predicted molar refractivity (Wildman–Crippen MR) is 85.8 cm³/mol. The van der Waals surface area contributed by atoms with E-state index >= 15 is 0 Å². The van der Waals surface area contributed by atoms with Crippen molar-refractivity contribution in [3.8, 4) is 5.69 Å². The van der Waals surface area contributed by atoms with Gasteiger partial charge in [-0.2, -0.15) is 5.10 Å². The lowest BCUT2D eigenvalue weighted by Gasteiger charge is -2.15. The zero-order valence-corrected chi connectivity index (χ0v) is 12.6. The highest BCUT2D eigenvalue weighted by atomic mass is 15.3. The fourth-order valence-electron chi connectivity index (χ4n) is 2.63. The molecular formula is C17H20N4. The molecule has 1 atom stereocenters. The summed E-state index contributed by atoms with van der Waals surface area (Å²) in [6.45, 7) is 4.20. The van der Waals surface area contributed by atoms with E-state index in [1.54, 1.807) is 0 Å². The van der Waals surface area contributed by atoms with Crippen LogP contribution in [0.4, 0.5) is 5.69 Å². The first-order valence-electron chi connectivity index (χ1n) is 7.13. The molecule has 0 radical (unpaired) electrons. The summed E-state index contributed by atoms with van der Waals surface area (Å²) in [5, 5.41) is 7.95. The average molecular weight is 280 g/mol. The summed E-state index contributed by atoms with van der Waals surface area (Å²) in [7, 11) is 1.95. The minimum absolute atomic E-state index is 0.221. The van der Waals surface area contributed by atoms with E-state index in [2.05, 4.69) is 52.4 Å². The average Bonchev–Trinajstić information content (AvgIpc) is 3.08. The number of anilines is 1. The first-order chi connectivity index (χ1) is 10.1. The maximum absolute atomic E-state index is 4.40. The van der Waals surface area contributed by atoms with Gasteiger partial charge in [0, 0.05) is 42.6 Å². The fraction of sp³-hybridized carbons (Fsp3) is 0.235.